The third kappa shape index (κ3) is 3.41. The molecule has 0 N–H and O–H groups in total. The van der Waals surface area contributed by atoms with Gasteiger partial charge in [0.2, 0.25) is 10.0 Å². The van der Waals surface area contributed by atoms with Gasteiger partial charge in [-0.1, -0.05) is 30.3 Å². The van der Waals surface area contributed by atoms with Gasteiger partial charge in [-0.3, -0.25) is 4.79 Å². The van der Waals surface area contributed by atoms with E-state index in [0.717, 1.165) is 29.3 Å². The highest BCUT2D eigenvalue weighted by molar-refractivity contribution is 7.89. The molecule has 1 heterocycles. The molecular formula is C22H22N2O3S. The fourth-order valence-corrected chi connectivity index (χ4v) is 5.06. The van der Waals surface area contributed by atoms with Crippen molar-refractivity contribution in [2.75, 3.05) is 25.0 Å². The molecule has 0 radical (unpaired) electrons. The minimum absolute atomic E-state index is 0.180. The second-order valence-electron chi connectivity index (χ2n) is 7.03. The van der Waals surface area contributed by atoms with Crippen LogP contribution in [0.1, 0.15) is 23.2 Å². The summed E-state index contributed by atoms with van der Waals surface area (Å²) in [5.41, 5.74) is 1.24. The van der Waals surface area contributed by atoms with Gasteiger partial charge in [0.25, 0.3) is 5.91 Å². The molecule has 144 valence electrons. The lowest BCUT2D eigenvalue weighted by atomic mass is 10.1. The van der Waals surface area contributed by atoms with Crippen molar-refractivity contribution in [3.8, 4) is 0 Å². The molecule has 1 aliphatic rings. The number of carbonyl (C=O) groups excluding carboxylic acids is 1. The fraction of sp³-hybridized carbons (Fsp3) is 0.227. The van der Waals surface area contributed by atoms with Gasteiger partial charge in [-0.2, -0.15) is 4.31 Å². The van der Waals surface area contributed by atoms with E-state index in [0.29, 0.717) is 18.7 Å². The highest BCUT2D eigenvalue weighted by atomic mass is 32.2. The molecule has 0 aliphatic carbocycles. The molecule has 28 heavy (non-hydrogen) atoms. The van der Waals surface area contributed by atoms with Gasteiger partial charge in [0.15, 0.2) is 0 Å². The molecule has 4 rings (SSSR count). The first-order valence-electron chi connectivity index (χ1n) is 9.34. The third-order valence-electron chi connectivity index (χ3n) is 5.23. The second-order valence-corrected chi connectivity index (χ2v) is 8.97. The largest absolute Gasteiger partial charge is 0.311 e. The molecule has 6 heteroatoms. The molecule has 1 amide bonds. The van der Waals surface area contributed by atoms with Crippen LogP contribution in [0.4, 0.5) is 5.69 Å². The minimum atomic E-state index is -3.47. The van der Waals surface area contributed by atoms with Crippen LogP contribution >= 0.6 is 0 Å². The van der Waals surface area contributed by atoms with Crippen LogP contribution in [-0.2, 0) is 10.0 Å². The lowest BCUT2D eigenvalue weighted by molar-refractivity contribution is 0.0993. The summed E-state index contributed by atoms with van der Waals surface area (Å²) in [5, 5.41) is 2.18. The Morgan fingerprint density at radius 3 is 2.21 bits per heavy atom. The first-order chi connectivity index (χ1) is 13.5. The molecule has 5 nitrogen and oxygen atoms in total. The molecule has 0 spiro atoms. The van der Waals surface area contributed by atoms with E-state index in [9.17, 15) is 13.2 Å². The van der Waals surface area contributed by atoms with Crippen molar-refractivity contribution in [1.82, 2.24) is 4.31 Å². The highest BCUT2D eigenvalue weighted by Gasteiger charge is 2.27. The van der Waals surface area contributed by atoms with Crippen molar-refractivity contribution in [3.05, 3.63) is 72.3 Å². The van der Waals surface area contributed by atoms with Gasteiger partial charge in [0, 0.05) is 31.4 Å². The topological polar surface area (TPSA) is 57.7 Å². The standard InChI is InChI=1S/C22H22N2O3S/c1-23(20-11-8-17-6-2-3-7-19(17)16-20)22(25)18-9-12-21(13-10-18)28(26,27)24-14-4-5-15-24/h2-3,6-13,16H,4-5,14-15H2,1H3. The summed E-state index contributed by atoms with van der Waals surface area (Å²) in [6.45, 7) is 1.13. The zero-order valence-electron chi connectivity index (χ0n) is 15.7. The van der Waals surface area contributed by atoms with Crippen LogP contribution in [0.5, 0.6) is 0 Å². The number of amides is 1. The molecule has 3 aromatic carbocycles. The van der Waals surface area contributed by atoms with Crippen LogP contribution in [-0.4, -0.2) is 38.8 Å². The smallest absolute Gasteiger partial charge is 0.258 e. The van der Waals surface area contributed by atoms with E-state index in [4.69, 9.17) is 0 Å². The number of nitrogens with zero attached hydrogens (tertiary/aromatic N) is 2. The van der Waals surface area contributed by atoms with Gasteiger partial charge in [-0.15, -0.1) is 0 Å². The van der Waals surface area contributed by atoms with Gasteiger partial charge in [0.05, 0.1) is 4.90 Å². The van der Waals surface area contributed by atoms with E-state index in [1.807, 2.05) is 42.5 Å². The Morgan fingerprint density at radius 2 is 1.54 bits per heavy atom. The average molecular weight is 394 g/mol. The summed E-state index contributed by atoms with van der Waals surface area (Å²) in [6, 6.07) is 20.1. The number of carbonyl (C=O) groups is 1. The van der Waals surface area contributed by atoms with Crippen molar-refractivity contribution in [2.24, 2.45) is 0 Å². The molecule has 0 bridgehead atoms. The SMILES string of the molecule is CN(C(=O)c1ccc(S(=O)(=O)N2CCCC2)cc1)c1ccc2ccccc2c1. The Balaban J connectivity index is 1.57. The summed E-state index contributed by atoms with van der Waals surface area (Å²) >= 11 is 0. The normalized spacial score (nSPS) is 15.0. The van der Waals surface area contributed by atoms with E-state index in [1.165, 1.54) is 16.4 Å². The Bertz CT molecular complexity index is 1120. The number of fused-ring (bicyclic) bond motifs is 1. The van der Waals surface area contributed by atoms with E-state index in [-0.39, 0.29) is 10.8 Å². The fourth-order valence-electron chi connectivity index (χ4n) is 3.54. The summed E-state index contributed by atoms with van der Waals surface area (Å²) < 4.78 is 26.8. The van der Waals surface area contributed by atoms with Crippen molar-refractivity contribution >= 4 is 32.4 Å². The molecule has 0 aromatic heterocycles. The Labute approximate surface area is 165 Å². The van der Waals surface area contributed by atoms with Crippen molar-refractivity contribution < 1.29 is 13.2 Å². The molecule has 3 aromatic rings. The Kier molecular flexibility index (Phi) is 4.91. The van der Waals surface area contributed by atoms with Gasteiger partial charge in [0.1, 0.15) is 0 Å². The lowest BCUT2D eigenvalue weighted by Gasteiger charge is -2.19. The average Bonchev–Trinajstić information content (AvgIpc) is 3.28. The highest BCUT2D eigenvalue weighted by Crippen LogP contribution is 2.24. The van der Waals surface area contributed by atoms with Crippen molar-refractivity contribution in [3.63, 3.8) is 0 Å². The molecule has 0 saturated carbocycles. The monoisotopic (exact) mass is 394 g/mol. The number of rotatable bonds is 4. The zero-order chi connectivity index (χ0) is 19.7. The van der Waals surface area contributed by atoms with Gasteiger partial charge < -0.3 is 4.90 Å². The summed E-state index contributed by atoms with van der Waals surface area (Å²) in [5.74, 6) is -0.180. The summed E-state index contributed by atoms with van der Waals surface area (Å²) in [7, 11) is -1.75. The second kappa shape index (κ2) is 7.37. The first kappa shape index (κ1) is 18.7. The predicted octanol–water partition coefficient (Wildman–Crippen LogP) is 3.90. The third-order valence-corrected chi connectivity index (χ3v) is 7.14. The number of hydrogen-bond donors (Lipinski definition) is 0. The summed E-state index contributed by atoms with van der Waals surface area (Å²) in [6.07, 6.45) is 1.79. The molecule has 1 saturated heterocycles. The van der Waals surface area contributed by atoms with Gasteiger partial charge in [-0.05, 0) is 60.0 Å². The maximum Gasteiger partial charge on any atom is 0.258 e. The van der Waals surface area contributed by atoms with Gasteiger partial charge in [-0.25, -0.2) is 8.42 Å². The van der Waals surface area contributed by atoms with E-state index in [1.54, 1.807) is 24.1 Å². The van der Waals surface area contributed by atoms with Crippen LogP contribution in [0.3, 0.4) is 0 Å². The van der Waals surface area contributed by atoms with Crippen molar-refractivity contribution in [2.45, 2.75) is 17.7 Å². The summed E-state index contributed by atoms with van der Waals surface area (Å²) in [4.78, 5) is 14.7. The molecule has 0 unspecified atom stereocenters. The van der Waals surface area contributed by atoms with E-state index < -0.39 is 10.0 Å². The maximum absolute atomic E-state index is 12.9. The van der Waals surface area contributed by atoms with Crippen LogP contribution in [0.2, 0.25) is 0 Å². The Morgan fingerprint density at radius 1 is 0.893 bits per heavy atom. The van der Waals surface area contributed by atoms with Crippen molar-refractivity contribution in [1.29, 1.82) is 0 Å². The van der Waals surface area contributed by atoms with E-state index >= 15 is 0 Å². The van der Waals surface area contributed by atoms with Gasteiger partial charge >= 0.3 is 0 Å². The number of anilines is 1. The number of sulfonamides is 1. The maximum atomic E-state index is 12.9. The molecular weight excluding hydrogens is 372 g/mol. The minimum Gasteiger partial charge on any atom is -0.311 e. The van der Waals surface area contributed by atoms with E-state index in [2.05, 4.69) is 0 Å². The molecule has 1 aliphatic heterocycles. The zero-order valence-corrected chi connectivity index (χ0v) is 16.5. The molecule has 0 atom stereocenters. The van der Waals surface area contributed by atoms with Crippen LogP contribution in [0.15, 0.2) is 71.6 Å². The lowest BCUT2D eigenvalue weighted by Crippen LogP contribution is -2.28. The Hall–Kier alpha value is -2.70. The number of hydrogen-bond acceptors (Lipinski definition) is 3. The first-order valence-corrected chi connectivity index (χ1v) is 10.8. The van der Waals surface area contributed by atoms with Crippen LogP contribution in [0, 0.1) is 0 Å². The van der Waals surface area contributed by atoms with Crippen LogP contribution in [0.25, 0.3) is 10.8 Å². The predicted molar refractivity (Wildman–Crippen MR) is 111 cm³/mol. The number of benzene rings is 3. The molecule has 1 fully saturated rings. The quantitative estimate of drug-likeness (QED) is 0.674. The van der Waals surface area contributed by atoms with Crippen LogP contribution < -0.4 is 4.90 Å².